The maximum Gasteiger partial charge on any atom is 0.271 e. The number of anilines is 2. The molecule has 10 heteroatoms. The molecule has 1 aromatic heterocycles. The van der Waals surface area contributed by atoms with Gasteiger partial charge in [-0.25, -0.2) is 14.8 Å². The third-order valence-electron chi connectivity index (χ3n) is 5.66. The van der Waals surface area contributed by atoms with E-state index in [9.17, 15) is 9.18 Å². The Morgan fingerprint density at radius 1 is 1.05 bits per heavy atom. The van der Waals surface area contributed by atoms with Crippen LogP contribution in [-0.2, 0) is 6.61 Å². The van der Waals surface area contributed by atoms with Crippen molar-refractivity contribution in [2.45, 2.75) is 6.61 Å². The molecule has 5 aromatic rings. The highest BCUT2D eigenvalue weighted by atomic mass is 79.9. The van der Waals surface area contributed by atoms with Crippen molar-refractivity contribution in [3.8, 4) is 17.0 Å². The van der Waals surface area contributed by atoms with Gasteiger partial charge in [-0.15, -0.1) is 11.3 Å². The lowest BCUT2D eigenvalue weighted by atomic mass is 10.1. The maximum atomic E-state index is 13.4. The van der Waals surface area contributed by atoms with Crippen molar-refractivity contribution in [2.24, 2.45) is 5.10 Å². The number of hydrogen-bond donors (Lipinski definition) is 2. The van der Waals surface area contributed by atoms with Crippen molar-refractivity contribution in [3.05, 3.63) is 128 Å². The molecule has 0 aliphatic carbocycles. The summed E-state index contributed by atoms with van der Waals surface area (Å²) in [6.45, 7) is 0.239. The van der Waals surface area contributed by atoms with Gasteiger partial charge in [0.25, 0.3) is 5.91 Å². The Morgan fingerprint density at radius 3 is 2.60 bits per heavy atom. The summed E-state index contributed by atoms with van der Waals surface area (Å²) >= 11 is 10.9. The number of benzene rings is 4. The smallest absolute Gasteiger partial charge is 0.271 e. The van der Waals surface area contributed by atoms with Crippen LogP contribution in [0.1, 0.15) is 21.5 Å². The minimum Gasteiger partial charge on any atom is -0.488 e. The molecule has 0 bridgehead atoms. The lowest BCUT2D eigenvalue weighted by Gasteiger charge is -2.09. The van der Waals surface area contributed by atoms with Gasteiger partial charge in [0.05, 0.1) is 16.4 Å². The van der Waals surface area contributed by atoms with E-state index in [4.69, 9.17) is 16.3 Å². The largest absolute Gasteiger partial charge is 0.488 e. The Labute approximate surface area is 247 Å². The first-order chi connectivity index (χ1) is 19.4. The summed E-state index contributed by atoms with van der Waals surface area (Å²) in [6.07, 6.45) is 1.54. The number of ether oxygens (including phenoxy) is 1. The van der Waals surface area contributed by atoms with E-state index < -0.39 is 0 Å². The second-order valence-electron chi connectivity index (χ2n) is 8.55. The number of carbonyl (C=O) groups is 1. The molecule has 0 saturated carbocycles. The summed E-state index contributed by atoms with van der Waals surface area (Å²) < 4.78 is 19.8. The summed E-state index contributed by atoms with van der Waals surface area (Å²) in [7, 11) is 0. The fourth-order valence-electron chi connectivity index (χ4n) is 3.65. The zero-order valence-corrected chi connectivity index (χ0v) is 23.9. The number of hydrazone groups is 1. The minimum atomic E-state index is -0.333. The van der Waals surface area contributed by atoms with E-state index in [1.807, 2.05) is 47.8 Å². The van der Waals surface area contributed by atoms with Gasteiger partial charge >= 0.3 is 0 Å². The number of rotatable bonds is 9. The first-order valence-electron chi connectivity index (χ1n) is 12.0. The van der Waals surface area contributed by atoms with Crippen LogP contribution in [-0.4, -0.2) is 17.1 Å². The number of hydrogen-bond acceptors (Lipinski definition) is 6. The Hall–Kier alpha value is -4.05. The number of amides is 1. The van der Waals surface area contributed by atoms with Gasteiger partial charge in [-0.05, 0) is 93.8 Å². The predicted molar refractivity (Wildman–Crippen MR) is 162 cm³/mol. The molecule has 0 fully saturated rings. The fraction of sp³-hybridized carbons (Fsp3) is 0.0333. The van der Waals surface area contributed by atoms with E-state index in [-0.39, 0.29) is 18.3 Å². The summed E-state index contributed by atoms with van der Waals surface area (Å²) in [5.74, 6) is -0.0275. The summed E-state index contributed by atoms with van der Waals surface area (Å²) in [5, 5.41) is 10.7. The second kappa shape index (κ2) is 12.9. The summed E-state index contributed by atoms with van der Waals surface area (Å²) in [6, 6.07) is 26.2. The zero-order valence-electron chi connectivity index (χ0n) is 20.8. The Morgan fingerprint density at radius 2 is 1.85 bits per heavy atom. The highest BCUT2D eigenvalue weighted by Crippen LogP contribution is 2.28. The van der Waals surface area contributed by atoms with Crippen LogP contribution in [0.3, 0.4) is 0 Å². The molecule has 0 atom stereocenters. The van der Waals surface area contributed by atoms with E-state index in [0.29, 0.717) is 20.8 Å². The molecule has 0 aliphatic heterocycles. The standard InChI is InChI=1S/C30H21BrClFN4O2S/c31-26-15-19(4-13-28(26)39-17-20-2-1-3-24(33)14-20)16-34-37-29(38)22-7-5-21(6-8-22)27-18-40-30(36-27)35-25-11-9-23(32)10-12-25/h1-16,18H,17H2,(H,35,36)(H,37,38)/b34-16-. The van der Waals surface area contributed by atoms with Gasteiger partial charge in [0.1, 0.15) is 18.2 Å². The van der Waals surface area contributed by atoms with E-state index in [0.717, 1.165) is 33.2 Å². The van der Waals surface area contributed by atoms with Crippen LogP contribution in [0, 0.1) is 5.82 Å². The van der Waals surface area contributed by atoms with Crippen molar-refractivity contribution in [1.82, 2.24) is 10.4 Å². The molecular weight excluding hydrogens is 615 g/mol. The normalized spacial score (nSPS) is 11.0. The van der Waals surface area contributed by atoms with Gasteiger partial charge < -0.3 is 10.1 Å². The maximum absolute atomic E-state index is 13.4. The van der Waals surface area contributed by atoms with E-state index in [2.05, 4.69) is 36.8 Å². The Bertz CT molecular complexity index is 1660. The molecular formula is C30H21BrClFN4O2S. The van der Waals surface area contributed by atoms with Crippen LogP contribution in [0.2, 0.25) is 5.02 Å². The van der Waals surface area contributed by atoms with Crippen LogP contribution in [0.15, 0.2) is 106 Å². The molecule has 5 rings (SSSR count). The molecule has 4 aromatic carbocycles. The second-order valence-corrected chi connectivity index (χ2v) is 10.7. The lowest BCUT2D eigenvalue weighted by molar-refractivity contribution is 0.0955. The average molecular weight is 636 g/mol. The van der Waals surface area contributed by atoms with Gasteiger partial charge in [-0.1, -0.05) is 35.9 Å². The molecule has 0 unspecified atom stereocenters. The van der Waals surface area contributed by atoms with Crippen LogP contribution < -0.4 is 15.5 Å². The van der Waals surface area contributed by atoms with Gasteiger partial charge in [-0.2, -0.15) is 5.10 Å². The number of nitrogens with one attached hydrogen (secondary N) is 2. The van der Waals surface area contributed by atoms with Crippen LogP contribution in [0.5, 0.6) is 5.75 Å². The van der Waals surface area contributed by atoms with Gasteiger partial charge in [0.15, 0.2) is 5.13 Å². The molecule has 0 spiro atoms. The third kappa shape index (κ3) is 7.32. The van der Waals surface area contributed by atoms with Gasteiger partial charge in [0.2, 0.25) is 0 Å². The first-order valence-corrected chi connectivity index (χ1v) is 14.1. The van der Waals surface area contributed by atoms with Crippen molar-refractivity contribution in [3.63, 3.8) is 0 Å². The van der Waals surface area contributed by atoms with Crippen molar-refractivity contribution >= 4 is 61.8 Å². The number of aromatic nitrogens is 1. The topological polar surface area (TPSA) is 75.6 Å². The van der Waals surface area contributed by atoms with Crippen molar-refractivity contribution < 1.29 is 13.9 Å². The Kier molecular flexibility index (Phi) is 8.85. The number of halogens is 3. The third-order valence-corrected chi connectivity index (χ3v) is 7.29. The fourth-order valence-corrected chi connectivity index (χ4v) is 5.02. The van der Waals surface area contributed by atoms with Crippen LogP contribution in [0.4, 0.5) is 15.2 Å². The van der Waals surface area contributed by atoms with E-state index in [1.165, 1.54) is 29.7 Å². The van der Waals surface area contributed by atoms with E-state index >= 15 is 0 Å². The van der Waals surface area contributed by atoms with Gasteiger partial charge in [0, 0.05) is 27.2 Å². The number of nitrogens with zero attached hydrogens (tertiary/aromatic N) is 2. The van der Waals surface area contributed by atoms with Crippen LogP contribution in [0.25, 0.3) is 11.3 Å². The molecule has 6 nitrogen and oxygen atoms in total. The predicted octanol–water partition coefficient (Wildman–Crippen LogP) is 8.45. The van der Waals surface area contributed by atoms with E-state index in [1.54, 1.807) is 36.4 Å². The SMILES string of the molecule is O=C(N/N=C\c1ccc(OCc2cccc(F)c2)c(Br)c1)c1ccc(-c2csc(Nc3ccc(Cl)cc3)n2)cc1. The molecule has 0 aliphatic rings. The van der Waals surface area contributed by atoms with Crippen molar-refractivity contribution in [1.29, 1.82) is 0 Å². The molecule has 1 heterocycles. The molecule has 40 heavy (non-hydrogen) atoms. The van der Waals surface area contributed by atoms with Gasteiger partial charge in [-0.3, -0.25) is 4.79 Å². The average Bonchev–Trinajstić information content (AvgIpc) is 3.42. The van der Waals surface area contributed by atoms with Crippen molar-refractivity contribution in [2.75, 3.05) is 5.32 Å². The highest BCUT2D eigenvalue weighted by molar-refractivity contribution is 9.10. The monoisotopic (exact) mass is 634 g/mol. The number of thiazole rings is 1. The minimum absolute atomic E-state index is 0.239. The molecule has 1 amide bonds. The lowest BCUT2D eigenvalue weighted by Crippen LogP contribution is -2.17. The summed E-state index contributed by atoms with van der Waals surface area (Å²) in [4.78, 5) is 17.2. The molecule has 0 saturated heterocycles. The first kappa shape index (κ1) is 27.5. The molecule has 0 radical (unpaired) electrons. The quantitative estimate of drug-likeness (QED) is 0.126. The number of carbonyl (C=O) groups excluding carboxylic acids is 1. The summed E-state index contributed by atoms with van der Waals surface area (Å²) in [5.41, 5.74) is 7.10. The van der Waals surface area contributed by atoms with Crippen LogP contribution >= 0.6 is 38.9 Å². The molecule has 2 N–H and O–H groups in total. The highest BCUT2D eigenvalue weighted by Gasteiger charge is 2.09. The molecule has 200 valence electrons. The zero-order chi connectivity index (χ0) is 27.9. The Balaban J connectivity index is 1.14.